The summed E-state index contributed by atoms with van der Waals surface area (Å²) in [6.45, 7) is 1.89. The molecule has 3 aromatic rings. The lowest BCUT2D eigenvalue weighted by Gasteiger charge is -2.14. The Balaban J connectivity index is 1.57. The van der Waals surface area contributed by atoms with Crippen LogP contribution in [0, 0.1) is 6.92 Å². The molecule has 4 rings (SSSR count). The molecule has 1 aliphatic rings. The fourth-order valence-corrected chi connectivity index (χ4v) is 4.55. The summed E-state index contributed by atoms with van der Waals surface area (Å²) in [5.74, 6) is 2.51. The second-order valence-electron chi connectivity index (χ2n) is 6.66. The Morgan fingerprint density at radius 1 is 1.29 bits per heavy atom. The van der Waals surface area contributed by atoms with Gasteiger partial charge in [-0.1, -0.05) is 27.7 Å². The smallest absolute Gasteiger partial charge is 0.254 e. The van der Waals surface area contributed by atoms with Crippen molar-refractivity contribution in [2.45, 2.75) is 43.5 Å². The van der Waals surface area contributed by atoms with Crippen LogP contribution in [0.15, 0.2) is 37.0 Å². The summed E-state index contributed by atoms with van der Waals surface area (Å²) in [6.07, 6.45) is 3.85. The maximum absolute atomic E-state index is 12.3. The molecule has 1 N–H and O–H groups in total. The molecule has 6 nitrogen and oxygen atoms in total. The van der Waals surface area contributed by atoms with Crippen LogP contribution in [0.3, 0.4) is 0 Å². The van der Waals surface area contributed by atoms with Crippen LogP contribution in [0.2, 0.25) is 0 Å². The second kappa shape index (κ2) is 8.13. The van der Waals surface area contributed by atoms with Gasteiger partial charge in [0.25, 0.3) is 5.56 Å². The first kappa shape index (κ1) is 19.3. The number of fused-ring (bicyclic) bond motifs is 1. The predicted molar refractivity (Wildman–Crippen MR) is 112 cm³/mol. The molecule has 0 bridgehead atoms. The number of halogens is 1. The van der Waals surface area contributed by atoms with Crippen LogP contribution in [-0.4, -0.2) is 22.1 Å². The van der Waals surface area contributed by atoms with E-state index < -0.39 is 0 Å². The monoisotopic (exact) mass is 461 g/mol. The number of benzene rings is 1. The highest BCUT2D eigenvalue weighted by atomic mass is 79.9. The number of thioether (sulfide) groups is 1. The molecule has 0 atom stereocenters. The third-order valence-corrected chi connectivity index (χ3v) is 6.18. The van der Waals surface area contributed by atoms with E-state index in [0.717, 1.165) is 58.4 Å². The van der Waals surface area contributed by atoms with Gasteiger partial charge < -0.3 is 14.1 Å². The van der Waals surface area contributed by atoms with E-state index in [0.29, 0.717) is 22.5 Å². The first-order valence-corrected chi connectivity index (χ1v) is 10.9. The van der Waals surface area contributed by atoms with Crippen molar-refractivity contribution in [3.63, 3.8) is 0 Å². The fraction of sp³-hybridized carbons (Fsp3) is 0.350. The fourth-order valence-electron chi connectivity index (χ4n) is 3.31. The maximum atomic E-state index is 12.3. The molecule has 0 amide bonds. The quantitative estimate of drug-likeness (QED) is 0.438. The normalized spacial score (nSPS) is 13.4. The molecule has 0 unspecified atom stereocenters. The molecule has 0 spiro atoms. The Hall–Kier alpha value is -2.06. The Bertz CT molecular complexity index is 1080. The van der Waals surface area contributed by atoms with Crippen molar-refractivity contribution in [3.05, 3.63) is 55.7 Å². The molecular weight excluding hydrogens is 442 g/mol. The van der Waals surface area contributed by atoms with Gasteiger partial charge in [-0.3, -0.25) is 4.79 Å². The number of hydrogen-bond donors (Lipinski definition) is 1. The molecular formula is C20H20BrN3O3S. The maximum Gasteiger partial charge on any atom is 0.254 e. The average Bonchev–Trinajstić information content (AvgIpc) is 3.07. The Morgan fingerprint density at radius 2 is 2.11 bits per heavy atom. The predicted octanol–water partition coefficient (Wildman–Crippen LogP) is 4.68. The molecule has 2 aromatic heterocycles. The van der Waals surface area contributed by atoms with Crippen molar-refractivity contribution in [1.82, 2.24) is 15.0 Å². The highest BCUT2D eigenvalue weighted by molar-refractivity contribution is 9.10. The van der Waals surface area contributed by atoms with E-state index in [4.69, 9.17) is 9.15 Å². The summed E-state index contributed by atoms with van der Waals surface area (Å²) in [5.41, 5.74) is 3.38. The summed E-state index contributed by atoms with van der Waals surface area (Å²) in [7, 11) is 1.62. The Kier molecular flexibility index (Phi) is 5.59. The number of rotatable bonds is 5. The number of nitrogens with zero attached hydrogens (tertiary/aromatic N) is 2. The molecule has 1 aromatic carbocycles. The topological polar surface area (TPSA) is 81.0 Å². The number of nitrogens with one attached hydrogen (secondary N) is 1. The molecule has 8 heteroatoms. The molecule has 1 aliphatic carbocycles. The Morgan fingerprint density at radius 3 is 2.93 bits per heavy atom. The average molecular weight is 462 g/mol. The highest BCUT2D eigenvalue weighted by Gasteiger charge is 2.18. The number of aromatic nitrogens is 3. The van der Waals surface area contributed by atoms with Gasteiger partial charge in [0.2, 0.25) is 5.89 Å². The van der Waals surface area contributed by atoms with Gasteiger partial charge in [0, 0.05) is 15.8 Å². The molecule has 0 saturated heterocycles. The standard InChI is InChI=1S/C20H20BrN3O3S/c1-11-16(22-19(27-11)14-9-12(21)7-8-17(14)26-2)10-28-20-23-15-6-4-3-5-13(15)18(25)24-20/h7-9H,3-6,10H2,1-2H3,(H,23,24,25). The number of hydrogen-bond acceptors (Lipinski definition) is 6. The van der Waals surface area contributed by atoms with Crippen LogP contribution < -0.4 is 10.3 Å². The second-order valence-corrected chi connectivity index (χ2v) is 8.54. The zero-order valence-corrected chi connectivity index (χ0v) is 18.1. The molecule has 0 saturated carbocycles. The third kappa shape index (κ3) is 3.89. The van der Waals surface area contributed by atoms with Gasteiger partial charge in [0.05, 0.1) is 24.1 Å². The minimum absolute atomic E-state index is 0.0105. The van der Waals surface area contributed by atoms with E-state index in [-0.39, 0.29) is 5.56 Å². The molecule has 0 aliphatic heterocycles. The highest BCUT2D eigenvalue weighted by Crippen LogP contribution is 2.34. The summed E-state index contributed by atoms with van der Waals surface area (Å²) in [6, 6.07) is 5.70. The summed E-state index contributed by atoms with van der Waals surface area (Å²) in [5, 5.41) is 0.634. The zero-order chi connectivity index (χ0) is 19.7. The lowest BCUT2D eigenvalue weighted by molar-refractivity contribution is 0.414. The van der Waals surface area contributed by atoms with Crippen LogP contribution in [0.1, 0.15) is 35.6 Å². The lowest BCUT2D eigenvalue weighted by Crippen LogP contribution is -2.21. The molecule has 28 heavy (non-hydrogen) atoms. The SMILES string of the molecule is COc1ccc(Br)cc1-c1nc(CSc2nc3c(c(=O)[nH]2)CCCC3)c(C)o1. The van der Waals surface area contributed by atoms with Crippen molar-refractivity contribution >= 4 is 27.7 Å². The molecule has 2 heterocycles. The number of methoxy groups -OCH3 is 1. The van der Waals surface area contributed by atoms with Gasteiger partial charge in [-0.05, 0) is 50.8 Å². The van der Waals surface area contributed by atoms with Crippen LogP contribution in [0.4, 0.5) is 0 Å². The lowest BCUT2D eigenvalue weighted by atomic mass is 9.97. The first-order chi connectivity index (χ1) is 13.5. The number of ether oxygens (including phenoxy) is 1. The molecule has 0 fully saturated rings. The summed E-state index contributed by atoms with van der Waals surface area (Å²) < 4.78 is 12.2. The van der Waals surface area contributed by atoms with Gasteiger partial charge in [-0.15, -0.1) is 0 Å². The number of H-pyrrole nitrogens is 1. The van der Waals surface area contributed by atoms with E-state index in [2.05, 4.69) is 30.9 Å². The van der Waals surface area contributed by atoms with Crippen LogP contribution in [0.5, 0.6) is 5.75 Å². The van der Waals surface area contributed by atoms with E-state index >= 15 is 0 Å². The Labute approximate surface area is 175 Å². The third-order valence-electron chi connectivity index (χ3n) is 4.80. The summed E-state index contributed by atoms with van der Waals surface area (Å²) in [4.78, 5) is 24.5. The van der Waals surface area contributed by atoms with Crippen molar-refractivity contribution in [2.75, 3.05) is 7.11 Å². The van der Waals surface area contributed by atoms with Gasteiger partial charge in [-0.25, -0.2) is 9.97 Å². The van der Waals surface area contributed by atoms with Crippen molar-refractivity contribution in [3.8, 4) is 17.2 Å². The van der Waals surface area contributed by atoms with Gasteiger partial charge >= 0.3 is 0 Å². The van der Waals surface area contributed by atoms with Gasteiger partial charge in [0.1, 0.15) is 11.5 Å². The first-order valence-electron chi connectivity index (χ1n) is 9.10. The largest absolute Gasteiger partial charge is 0.496 e. The van der Waals surface area contributed by atoms with Crippen LogP contribution >= 0.6 is 27.7 Å². The van der Waals surface area contributed by atoms with Gasteiger partial charge in [-0.2, -0.15) is 0 Å². The number of aryl methyl sites for hydroxylation is 2. The van der Waals surface area contributed by atoms with E-state index in [1.54, 1.807) is 7.11 Å². The van der Waals surface area contributed by atoms with E-state index in [9.17, 15) is 4.79 Å². The van der Waals surface area contributed by atoms with Crippen molar-refractivity contribution in [1.29, 1.82) is 0 Å². The number of aromatic amines is 1. The van der Waals surface area contributed by atoms with E-state index in [1.807, 2.05) is 25.1 Å². The van der Waals surface area contributed by atoms with Gasteiger partial charge in [0.15, 0.2) is 5.16 Å². The minimum Gasteiger partial charge on any atom is -0.496 e. The zero-order valence-electron chi connectivity index (χ0n) is 15.7. The molecule has 146 valence electrons. The molecule has 0 radical (unpaired) electrons. The summed E-state index contributed by atoms with van der Waals surface area (Å²) >= 11 is 4.94. The van der Waals surface area contributed by atoms with Crippen LogP contribution in [0.25, 0.3) is 11.5 Å². The number of oxazole rings is 1. The van der Waals surface area contributed by atoms with Crippen molar-refractivity contribution in [2.24, 2.45) is 0 Å². The minimum atomic E-state index is -0.0105. The van der Waals surface area contributed by atoms with E-state index in [1.165, 1.54) is 11.8 Å². The van der Waals surface area contributed by atoms with Crippen molar-refractivity contribution < 1.29 is 9.15 Å². The van der Waals surface area contributed by atoms with Crippen LogP contribution in [-0.2, 0) is 18.6 Å².